The van der Waals surface area contributed by atoms with Gasteiger partial charge in [-0.15, -0.1) is 6.58 Å². The summed E-state index contributed by atoms with van der Waals surface area (Å²) in [5.41, 5.74) is 5.81. The first-order valence-electron chi connectivity index (χ1n) is 9.58. The van der Waals surface area contributed by atoms with E-state index in [1.807, 2.05) is 0 Å². The van der Waals surface area contributed by atoms with E-state index in [1.165, 1.54) is 33.7 Å². The van der Waals surface area contributed by atoms with Crippen LogP contribution in [0.4, 0.5) is 10.1 Å². The highest BCUT2D eigenvalue weighted by atomic mass is 35.5. The molecule has 1 heterocycles. The second-order valence-electron chi connectivity index (χ2n) is 6.79. The van der Waals surface area contributed by atoms with Gasteiger partial charge in [0.2, 0.25) is 11.8 Å². The highest BCUT2D eigenvalue weighted by Crippen LogP contribution is 2.23. The summed E-state index contributed by atoms with van der Waals surface area (Å²) in [5.74, 6) is -1.44. The third kappa shape index (κ3) is 5.54. The Balaban J connectivity index is 1.90. The molecule has 3 rings (SSSR count). The van der Waals surface area contributed by atoms with Crippen molar-refractivity contribution in [2.24, 2.45) is 5.73 Å². The molecule has 0 saturated carbocycles. The van der Waals surface area contributed by atoms with Crippen LogP contribution in [0.3, 0.4) is 0 Å². The molecule has 0 bridgehead atoms. The number of halogens is 2. The maximum Gasteiger partial charge on any atom is 0.262 e. The fourth-order valence-corrected chi connectivity index (χ4v) is 4.07. The third-order valence-electron chi connectivity index (χ3n) is 4.54. The number of rotatable bonds is 9. The lowest BCUT2D eigenvalue weighted by molar-refractivity contribution is -0.118. The lowest BCUT2D eigenvalue weighted by atomic mass is 10.2. The van der Waals surface area contributed by atoms with Gasteiger partial charge in [-0.2, -0.15) is 0 Å². The summed E-state index contributed by atoms with van der Waals surface area (Å²) in [6, 6.07) is 10.1. The first-order valence-corrected chi connectivity index (χ1v) is 10.9. The van der Waals surface area contributed by atoms with Gasteiger partial charge < -0.3 is 10.6 Å². The summed E-state index contributed by atoms with van der Waals surface area (Å²) in [5, 5.41) is 1.17. The van der Waals surface area contributed by atoms with E-state index in [9.17, 15) is 18.8 Å². The molecule has 0 radical (unpaired) electrons. The van der Waals surface area contributed by atoms with Gasteiger partial charge in [0.15, 0.2) is 5.16 Å². The minimum absolute atomic E-state index is 0.0422. The number of allylic oxidation sites excluding steroid dienone is 1. The van der Waals surface area contributed by atoms with Gasteiger partial charge in [-0.1, -0.05) is 29.4 Å². The van der Waals surface area contributed by atoms with Gasteiger partial charge in [0.05, 0.1) is 16.7 Å². The van der Waals surface area contributed by atoms with E-state index in [0.29, 0.717) is 26.8 Å². The first kappa shape index (κ1) is 23.5. The number of hydrogen-bond donors (Lipinski definition) is 1. The van der Waals surface area contributed by atoms with Gasteiger partial charge in [-0.3, -0.25) is 19.0 Å². The fraction of sp³-hybridized carbons (Fsp3) is 0.182. The van der Waals surface area contributed by atoms with Crippen LogP contribution in [0.2, 0.25) is 5.02 Å². The average Bonchev–Trinajstić information content (AvgIpc) is 2.75. The van der Waals surface area contributed by atoms with Crippen molar-refractivity contribution < 1.29 is 14.0 Å². The number of benzene rings is 2. The first-order chi connectivity index (χ1) is 15.3. The highest BCUT2D eigenvalue weighted by molar-refractivity contribution is 7.99. The molecular weight excluding hydrogens is 455 g/mol. The molecule has 0 spiro atoms. The summed E-state index contributed by atoms with van der Waals surface area (Å²) in [6.07, 6.45) is 1.51. The van der Waals surface area contributed by atoms with Gasteiger partial charge >= 0.3 is 0 Å². The number of thioether (sulfide) groups is 1. The molecule has 2 amide bonds. The molecule has 1 aromatic heterocycles. The van der Waals surface area contributed by atoms with Gasteiger partial charge in [0.25, 0.3) is 5.56 Å². The molecule has 0 saturated heterocycles. The SMILES string of the molecule is C=CCn1c(SCC(=O)N(CCC(N)=O)c2ccc(F)cc2)nc2cc(Cl)ccc2c1=O. The molecule has 7 nitrogen and oxygen atoms in total. The zero-order chi connectivity index (χ0) is 23.3. The van der Waals surface area contributed by atoms with E-state index >= 15 is 0 Å². The van der Waals surface area contributed by atoms with Gasteiger partial charge in [0, 0.05) is 30.2 Å². The molecule has 0 atom stereocenters. The number of nitrogens with zero attached hydrogens (tertiary/aromatic N) is 3. The molecule has 10 heteroatoms. The predicted molar refractivity (Wildman–Crippen MR) is 124 cm³/mol. The molecule has 32 heavy (non-hydrogen) atoms. The van der Waals surface area contributed by atoms with Crippen molar-refractivity contribution in [3.05, 3.63) is 76.3 Å². The molecule has 166 valence electrons. The van der Waals surface area contributed by atoms with E-state index in [4.69, 9.17) is 17.3 Å². The molecule has 0 fully saturated rings. The highest BCUT2D eigenvalue weighted by Gasteiger charge is 2.19. The van der Waals surface area contributed by atoms with Gasteiger partial charge in [-0.05, 0) is 42.5 Å². The van der Waals surface area contributed by atoms with E-state index in [-0.39, 0.29) is 36.7 Å². The summed E-state index contributed by atoms with van der Waals surface area (Å²) in [7, 11) is 0. The van der Waals surface area contributed by atoms with Crippen molar-refractivity contribution in [2.75, 3.05) is 17.2 Å². The Bertz CT molecular complexity index is 1230. The van der Waals surface area contributed by atoms with E-state index < -0.39 is 11.7 Å². The number of anilines is 1. The van der Waals surface area contributed by atoms with Crippen molar-refractivity contribution in [3.63, 3.8) is 0 Å². The lowest BCUT2D eigenvalue weighted by Crippen LogP contribution is -2.35. The summed E-state index contributed by atoms with van der Waals surface area (Å²) < 4.78 is 14.7. The summed E-state index contributed by atoms with van der Waals surface area (Å²) >= 11 is 7.11. The van der Waals surface area contributed by atoms with Crippen molar-refractivity contribution >= 4 is 51.8 Å². The molecule has 0 unspecified atom stereocenters. The molecular formula is C22H20ClFN4O3S. The Hall–Kier alpha value is -3.17. The second kappa shape index (κ2) is 10.4. The number of amides is 2. The minimum atomic E-state index is -0.564. The molecule has 0 aliphatic heterocycles. The Labute approximate surface area is 192 Å². The van der Waals surface area contributed by atoms with Crippen LogP contribution < -0.4 is 16.2 Å². The largest absolute Gasteiger partial charge is 0.370 e. The Morgan fingerprint density at radius 1 is 1.25 bits per heavy atom. The number of carbonyl (C=O) groups excluding carboxylic acids is 2. The van der Waals surface area contributed by atoms with Crippen LogP contribution in [0.5, 0.6) is 0 Å². The monoisotopic (exact) mass is 474 g/mol. The van der Waals surface area contributed by atoms with E-state index in [2.05, 4.69) is 11.6 Å². The van der Waals surface area contributed by atoms with Crippen LogP contribution in [-0.2, 0) is 16.1 Å². The number of hydrogen-bond acceptors (Lipinski definition) is 5. The number of primary amides is 1. The smallest absolute Gasteiger partial charge is 0.262 e. The normalized spacial score (nSPS) is 10.8. The number of carbonyl (C=O) groups is 2. The Morgan fingerprint density at radius 2 is 1.97 bits per heavy atom. The van der Waals surface area contributed by atoms with E-state index in [1.54, 1.807) is 24.3 Å². The van der Waals surface area contributed by atoms with Crippen molar-refractivity contribution in [2.45, 2.75) is 18.1 Å². The average molecular weight is 475 g/mol. The molecule has 0 aliphatic carbocycles. The summed E-state index contributed by atoms with van der Waals surface area (Å²) in [4.78, 5) is 43.0. The Morgan fingerprint density at radius 3 is 2.62 bits per heavy atom. The number of nitrogens with two attached hydrogens (primary N) is 1. The van der Waals surface area contributed by atoms with Crippen LogP contribution in [0, 0.1) is 5.82 Å². The zero-order valence-corrected chi connectivity index (χ0v) is 18.5. The van der Waals surface area contributed by atoms with Gasteiger partial charge in [-0.25, -0.2) is 9.37 Å². The van der Waals surface area contributed by atoms with Crippen LogP contribution in [0.25, 0.3) is 10.9 Å². The molecule has 0 aliphatic rings. The third-order valence-corrected chi connectivity index (χ3v) is 5.74. The second-order valence-corrected chi connectivity index (χ2v) is 8.17. The maximum absolute atomic E-state index is 13.3. The minimum Gasteiger partial charge on any atom is -0.370 e. The summed E-state index contributed by atoms with van der Waals surface area (Å²) in [6.45, 7) is 3.93. The quantitative estimate of drug-likeness (QED) is 0.291. The lowest BCUT2D eigenvalue weighted by Gasteiger charge is -2.22. The topological polar surface area (TPSA) is 98.3 Å². The van der Waals surface area contributed by atoms with Gasteiger partial charge in [0.1, 0.15) is 5.82 Å². The molecule has 3 aromatic rings. The van der Waals surface area contributed by atoms with Crippen molar-refractivity contribution in [3.8, 4) is 0 Å². The van der Waals surface area contributed by atoms with Crippen LogP contribution in [-0.4, -0.2) is 33.7 Å². The van der Waals surface area contributed by atoms with Crippen molar-refractivity contribution in [1.82, 2.24) is 9.55 Å². The Kier molecular flexibility index (Phi) is 7.66. The number of aromatic nitrogens is 2. The van der Waals surface area contributed by atoms with Crippen LogP contribution in [0.15, 0.2) is 65.1 Å². The molecule has 2 aromatic carbocycles. The van der Waals surface area contributed by atoms with Crippen molar-refractivity contribution in [1.29, 1.82) is 0 Å². The zero-order valence-electron chi connectivity index (χ0n) is 17.0. The van der Waals surface area contributed by atoms with E-state index in [0.717, 1.165) is 11.8 Å². The molecule has 2 N–H and O–H groups in total. The van der Waals surface area contributed by atoms with Crippen LogP contribution in [0.1, 0.15) is 6.42 Å². The maximum atomic E-state index is 13.3. The fourth-order valence-electron chi connectivity index (χ4n) is 3.02. The standard InChI is InChI=1S/C22H20ClFN4O3S/c1-2-10-28-21(31)17-8-3-14(23)12-18(17)26-22(28)32-13-20(30)27(11-9-19(25)29)16-6-4-15(24)5-7-16/h2-8,12H,1,9-11,13H2,(H2,25,29). The predicted octanol–water partition coefficient (Wildman–Crippen LogP) is 3.38. The number of fused-ring (bicyclic) bond motifs is 1. The van der Waals surface area contributed by atoms with Crippen LogP contribution >= 0.6 is 23.4 Å².